The minimum atomic E-state index is -4.34. The molecule has 3 aliphatic rings. The van der Waals surface area contributed by atoms with Crippen molar-refractivity contribution in [3.05, 3.63) is 45.7 Å². The van der Waals surface area contributed by atoms with Gasteiger partial charge in [-0.2, -0.15) is 13.2 Å². The van der Waals surface area contributed by atoms with Gasteiger partial charge in [0.1, 0.15) is 22.8 Å². The first-order valence-corrected chi connectivity index (χ1v) is 12.3. The molecule has 0 saturated heterocycles. The topological polar surface area (TPSA) is 162 Å². The number of aliphatic hydroxyl groups excluding tert-OH is 2. The summed E-state index contributed by atoms with van der Waals surface area (Å²) in [6.45, 7) is -0.512. The van der Waals surface area contributed by atoms with Crippen molar-refractivity contribution in [1.29, 1.82) is 0 Å². The van der Waals surface area contributed by atoms with Crippen molar-refractivity contribution in [2.75, 3.05) is 27.7 Å². The standard InChI is InChI=1S/C26H30F3N3O7/c1-32(2)18-14-9-13-8-11-4-5-12(10-31-7-6-25(27,28)29)19(33)15(11)20(34)16(13)22(36)26(14,39-3)23(37)17(21(18)35)24(30)38/h4-5,13-14,18,31,33-34,37H,6-10H2,1-3H3,(H2,30,38)/t13?,14?,18-,26+/m1/s1. The van der Waals surface area contributed by atoms with Crippen LogP contribution in [0.1, 0.15) is 29.5 Å². The predicted molar refractivity (Wildman–Crippen MR) is 131 cm³/mol. The van der Waals surface area contributed by atoms with Gasteiger partial charge in [0.05, 0.1) is 18.0 Å². The van der Waals surface area contributed by atoms with Crippen LogP contribution >= 0.6 is 0 Å². The number of likely N-dealkylation sites (N-methyl/N-ethyl adjacent to an activating group) is 1. The van der Waals surface area contributed by atoms with Crippen LogP contribution in [-0.4, -0.2) is 83.3 Å². The number of aliphatic hydroxyl groups is 2. The lowest BCUT2D eigenvalue weighted by Gasteiger charge is -2.51. The van der Waals surface area contributed by atoms with E-state index in [9.17, 15) is 42.9 Å². The minimum Gasteiger partial charge on any atom is -0.508 e. The number of primary amides is 1. The van der Waals surface area contributed by atoms with Crippen LogP contribution in [0.15, 0.2) is 29.0 Å². The molecule has 0 aromatic heterocycles. The van der Waals surface area contributed by atoms with E-state index in [0.29, 0.717) is 5.56 Å². The molecule has 1 amide bonds. The van der Waals surface area contributed by atoms with Crippen LogP contribution in [0, 0.1) is 11.8 Å². The number of rotatable bonds is 7. The summed E-state index contributed by atoms with van der Waals surface area (Å²) in [5.41, 5.74) is 2.94. The second kappa shape index (κ2) is 9.96. The maximum absolute atomic E-state index is 14.1. The van der Waals surface area contributed by atoms with Gasteiger partial charge in [-0.1, -0.05) is 12.1 Å². The molecule has 1 fully saturated rings. The normalized spacial score (nSPS) is 27.0. The lowest BCUT2D eigenvalue weighted by Crippen LogP contribution is -2.66. The molecule has 13 heteroatoms. The fourth-order valence-electron chi connectivity index (χ4n) is 6.18. The third-order valence-electron chi connectivity index (χ3n) is 7.87. The van der Waals surface area contributed by atoms with Crippen molar-refractivity contribution in [3.8, 4) is 5.75 Å². The summed E-state index contributed by atoms with van der Waals surface area (Å²) in [5.74, 6) is -6.31. The molecule has 10 nitrogen and oxygen atoms in total. The van der Waals surface area contributed by atoms with E-state index in [-0.39, 0.29) is 42.6 Å². The van der Waals surface area contributed by atoms with Gasteiger partial charge in [0, 0.05) is 37.3 Å². The number of phenols is 1. The molecule has 4 atom stereocenters. The second-order valence-electron chi connectivity index (χ2n) is 10.3. The van der Waals surface area contributed by atoms with Gasteiger partial charge >= 0.3 is 6.18 Å². The number of nitrogens with two attached hydrogens (primary N) is 1. The van der Waals surface area contributed by atoms with Crippen molar-refractivity contribution in [2.45, 2.75) is 43.6 Å². The number of methoxy groups -OCH3 is 1. The Morgan fingerprint density at radius 3 is 2.46 bits per heavy atom. The molecule has 4 rings (SSSR count). The van der Waals surface area contributed by atoms with Crippen molar-refractivity contribution < 1.29 is 47.6 Å². The highest BCUT2D eigenvalue weighted by atomic mass is 19.4. The number of aromatic hydroxyl groups is 1. The number of ketones is 2. The van der Waals surface area contributed by atoms with E-state index < -0.39 is 76.4 Å². The molecule has 0 radical (unpaired) electrons. The number of ether oxygens (including phenoxy) is 1. The van der Waals surface area contributed by atoms with Crippen LogP contribution in [0.3, 0.4) is 0 Å². The van der Waals surface area contributed by atoms with Crippen LogP contribution < -0.4 is 11.1 Å². The van der Waals surface area contributed by atoms with E-state index in [0.717, 1.165) is 7.11 Å². The zero-order valence-corrected chi connectivity index (χ0v) is 21.6. The van der Waals surface area contributed by atoms with Gasteiger partial charge in [-0.05, 0) is 38.4 Å². The number of fused-ring (bicyclic) bond motifs is 3. The number of phenolic OH excluding ortho intramolecular Hbond substituents is 1. The number of carbonyl (C=O) groups excluding carboxylic acids is 3. The molecule has 2 unspecified atom stereocenters. The van der Waals surface area contributed by atoms with Gasteiger partial charge in [-0.3, -0.25) is 19.3 Å². The third-order valence-corrected chi connectivity index (χ3v) is 7.87. The quantitative estimate of drug-likeness (QED) is 0.250. The van der Waals surface area contributed by atoms with Gasteiger partial charge in [-0.15, -0.1) is 0 Å². The highest BCUT2D eigenvalue weighted by molar-refractivity contribution is 6.24. The van der Waals surface area contributed by atoms with E-state index >= 15 is 0 Å². The van der Waals surface area contributed by atoms with E-state index in [2.05, 4.69) is 5.32 Å². The molecule has 6 N–H and O–H groups in total. The van der Waals surface area contributed by atoms with E-state index in [1.54, 1.807) is 20.2 Å². The average Bonchev–Trinajstić information content (AvgIpc) is 2.82. The SMILES string of the molecule is CO[C@]12C(=O)C3=C(O)c4c(ccc(CNCCC(F)(F)F)c4O)CC3CC1[C@@H](N(C)C)C(=O)C(C(N)=O)=C2O. The summed E-state index contributed by atoms with van der Waals surface area (Å²) in [6, 6.07) is 2.09. The van der Waals surface area contributed by atoms with Crippen molar-refractivity contribution >= 4 is 23.2 Å². The van der Waals surface area contributed by atoms with Gasteiger partial charge in [-0.25, -0.2) is 0 Å². The van der Waals surface area contributed by atoms with Crippen LogP contribution in [0.25, 0.3) is 5.76 Å². The van der Waals surface area contributed by atoms with Crippen LogP contribution in [0.5, 0.6) is 5.75 Å². The number of nitrogens with one attached hydrogen (secondary N) is 1. The first-order valence-electron chi connectivity index (χ1n) is 12.3. The molecular formula is C26H30F3N3O7. The number of hydrogen-bond donors (Lipinski definition) is 5. The van der Waals surface area contributed by atoms with E-state index in [4.69, 9.17) is 10.5 Å². The number of hydrogen-bond acceptors (Lipinski definition) is 9. The van der Waals surface area contributed by atoms with Crippen molar-refractivity contribution in [3.63, 3.8) is 0 Å². The fraction of sp³-hybridized carbons (Fsp3) is 0.500. The molecule has 1 aromatic carbocycles. The molecule has 212 valence electrons. The number of alkyl halides is 3. The maximum atomic E-state index is 14.1. The summed E-state index contributed by atoms with van der Waals surface area (Å²) in [5, 5.41) is 36.0. The predicted octanol–water partition coefficient (Wildman–Crippen LogP) is 1.66. The first-order chi connectivity index (χ1) is 18.2. The molecule has 0 heterocycles. The number of amides is 1. The highest BCUT2D eigenvalue weighted by Gasteiger charge is 2.65. The summed E-state index contributed by atoms with van der Waals surface area (Å²) in [4.78, 5) is 41.0. The highest BCUT2D eigenvalue weighted by Crippen LogP contribution is 2.54. The van der Waals surface area contributed by atoms with Crippen LogP contribution in [0.2, 0.25) is 0 Å². The smallest absolute Gasteiger partial charge is 0.390 e. The van der Waals surface area contributed by atoms with Crippen LogP contribution in [0.4, 0.5) is 13.2 Å². The van der Waals surface area contributed by atoms with Gasteiger partial charge < -0.3 is 31.1 Å². The van der Waals surface area contributed by atoms with Gasteiger partial charge in [0.15, 0.2) is 11.4 Å². The number of carbonyl (C=O) groups is 3. The zero-order chi connectivity index (χ0) is 29.0. The summed E-state index contributed by atoms with van der Waals surface area (Å²) in [6.07, 6.45) is -5.12. The number of benzene rings is 1. The van der Waals surface area contributed by atoms with Crippen LogP contribution in [-0.2, 0) is 32.1 Å². The lowest BCUT2D eigenvalue weighted by molar-refractivity contribution is -0.159. The molecule has 3 aliphatic carbocycles. The Bertz CT molecular complexity index is 1300. The van der Waals surface area contributed by atoms with E-state index in [1.807, 2.05) is 0 Å². The van der Waals surface area contributed by atoms with Gasteiger partial charge in [0.25, 0.3) is 5.91 Å². The Hall–Kier alpha value is -3.42. The minimum absolute atomic E-state index is 0.0518. The molecular weight excluding hydrogens is 523 g/mol. The number of Topliss-reactive ketones (excluding diaryl/α,β-unsaturated/α-hetero) is 2. The Balaban J connectivity index is 1.81. The zero-order valence-electron chi connectivity index (χ0n) is 21.6. The molecule has 0 aliphatic heterocycles. The molecule has 1 saturated carbocycles. The first kappa shape index (κ1) is 28.6. The lowest BCUT2D eigenvalue weighted by atomic mass is 9.57. The molecule has 0 spiro atoms. The number of nitrogens with zero attached hydrogens (tertiary/aromatic N) is 1. The van der Waals surface area contributed by atoms with Crippen molar-refractivity contribution in [2.24, 2.45) is 17.6 Å². The summed E-state index contributed by atoms with van der Waals surface area (Å²) < 4.78 is 43.0. The second-order valence-corrected chi connectivity index (χ2v) is 10.3. The van der Waals surface area contributed by atoms with Gasteiger partial charge in [0.2, 0.25) is 5.78 Å². The fourth-order valence-corrected chi connectivity index (χ4v) is 6.18. The Kier molecular flexibility index (Phi) is 7.30. The summed E-state index contributed by atoms with van der Waals surface area (Å²) in [7, 11) is 4.30. The monoisotopic (exact) mass is 553 g/mol. The Morgan fingerprint density at radius 1 is 1.23 bits per heavy atom. The third kappa shape index (κ3) is 4.47. The summed E-state index contributed by atoms with van der Waals surface area (Å²) >= 11 is 0. The van der Waals surface area contributed by atoms with Crippen molar-refractivity contribution in [1.82, 2.24) is 10.2 Å². The number of halogens is 3. The largest absolute Gasteiger partial charge is 0.508 e. The molecule has 1 aromatic rings. The Labute approximate surface area is 221 Å². The molecule has 0 bridgehead atoms. The Morgan fingerprint density at radius 2 is 1.90 bits per heavy atom. The maximum Gasteiger partial charge on any atom is 0.390 e. The average molecular weight is 554 g/mol. The molecule has 39 heavy (non-hydrogen) atoms. The van der Waals surface area contributed by atoms with E-state index in [1.165, 1.54) is 11.0 Å².